The second kappa shape index (κ2) is 7.28. The predicted octanol–water partition coefficient (Wildman–Crippen LogP) is 5.66. The Labute approximate surface area is 201 Å². The van der Waals surface area contributed by atoms with Crippen molar-refractivity contribution in [3.63, 3.8) is 0 Å². The molecule has 0 unspecified atom stereocenters. The van der Waals surface area contributed by atoms with Gasteiger partial charge >= 0.3 is 0 Å². The summed E-state index contributed by atoms with van der Waals surface area (Å²) < 4.78 is 0. The van der Waals surface area contributed by atoms with E-state index < -0.39 is 8.07 Å². The van der Waals surface area contributed by atoms with Gasteiger partial charge in [-0.1, -0.05) is 127 Å². The Bertz CT molecular complexity index is 1660. The Balaban J connectivity index is 1.73. The van der Waals surface area contributed by atoms with Gasteiger partial charge in [0.15, 0.2) is 8.07 Å². The van der Waals surface area contributed by atoms with E-state index in [0.29, 0.717) is 0 Å². The minimum absolute atomic E-state index is 1.30. The highest BCUT2D eigenvalue weighted by Gasteiger charge is 2.49. The minimum atomic E-state index is -2.47. The molecule has 7 rings (SSSR count). The van der Waals surface area contributed by atoms with Crippen LogP contribution in [-0.4, -0.2) is 8.07 Å². The molecular weight excluding hydrogens is 424 g/mol. The average molecular weight is 449 g/mol. The van der Waals surface area contributed by atoms with Crippen LogP contribution in [0.1, 0.15) is 5.56 Å². The van der Waals surface area contributed by atoms with E-state index in [9.17, 15) is 0 Å². The normalized spacial score (nSPS) is 13.7. The fraction of sp³-hybridized carbons (Fsp3) is 0.0303. The maximum Gasteiger partial charge on any atom is 0.180 e. The smallest absolute Gasteiger partial charge is 0.0623 e. The van der Waals surface area contributed by atoms with Gasteiger partial charge in [0, 0.05) is 0 Å². The number of hydrogen-bond acceptors (Lipinski definition) is 0. The van der Waals surface area contributed by atoms with Crippen molar-refractivity contribution >= 4 is 50.4 Å². The van der Waals surface area contributed by atoms with Crippen LogP contribution < -0.4 is 20.7 Å². The number of benzene rings is 6. The third-order valence-corrected chi connectivity index (χ3v) is 12.4. The number of hydrogen-bond donors (Lipinski definition) is 0. The Morgan fingerprint density at radius 2 is 1.09 bits per heavy atom. The summed E-state index contributed by atoms with van der Waals surface area (Å²) in [6.07, 6.45) is 0. The largest absolute Gasteiger partial charge is 0.180 e. The summed E-state index contributed by atoms with van der Waals surface area (Å²) >= 11 is 0. The standard InChI is InChI=1S/C33H24Si/c1-23-16-18-29-26(20-23)17-19-31-33(29)30-21-24-10-8-9-11-25(24)22-32(30)34(31,27-12-4-2-5-13-27)28-14-6-3-7-15-28/h2-22H,1H3. The molecule has 0 fully saturated rings. The molecule has 1 heteroatoms. The fourth-order valence-electron chi connectivity index (χ4n) is 6.12. The van der Waals surface area contributed by atoms with Crippen LogP contribution in [0.4, 0.5) is 0 Å². The fourth-order valence-corrected chi connectivity index (χ4v) is 11.3. The summed E-state index contributed by atoms with van der Waals surface area (Å²) in [7, 11) is -2.47. The first-order chi connectivity index (χ1) is 16.8. The highest BCUT2D eigenvalue weighted by atomic mass is 28.3. The molecule has 1 aliphatic heterocycles. The van der Waals surface area contributed by atoms with Crippen molar-refractivity contribution in [3.05, 3.63) is 133 Å². The Kier molecular flexibility index (Phi) is 4.18. The lowest BCUT2D eigenvalue weighted by Gasteiger charge is -2.31. The second-order valence-corrected chi connectivity index (χ2v) is 13.2. The molecule has 1 heterocycles. The van der Waals surface area contributed by atoms with Gasteiger partial charge in [0.25, 0.3) is 0 Å². The Morgan fingerprint density at radius 3 is 1.76 bits per heavy atom. The molecule has 0 saturated carbocycles. The summed E-state index contributed by atoms with van der Waals surface area (Å²) in [6.45, 7) is 2.18. The van der Waals surface area contributed by atoms with Crippen LogP contribution in [0.15, 0.2) is 127 Å². The van der Waals surface area contributed by atoms with Crippen molar-refractivity contribution in [2.24, 2.45) is 0 Å². The molecule has 0 bridgehead atoms. The molecular formula is C33H24Si. The molecule has 6 aromatic carbocycles. The first-order valence-corrected chi connectivity index (χ1v) is 14.0. The summed E-state index contributed by atoms with van der Waals surface area (Å²) in [5, 5.41) is 11.2. The molecule has 0 spiro atoms. The van der Waals surface area contributed by atoms with Crippen LogP contribution in [-0.2, 0) is 0 Å². The maximum atomic E-state index is 2.50. The third-order valence-electron chi connectivity index (χ3n) is 7.55. The van der Waals surface area contributed by atoms with Gasteiger partial charge in [-0.05, 0) is 66.4 Å². The van der Waals surface area contributed by atoms with Gasteiger partial charge in [0.05, 0.1) is 0 Å². The van der Waals surface area contributed by atoms with Crippen molar-refractivity contribution < 1.29 is 0 Å². The lowest BCUT2D eigenvalue weighted by atomic mass is 9.95. The molecule has 0 aliphatic carbocycles. The van der Waals surface area contributed by atoms with E-state index in [4.69, 9.17) is 0 Å². The van der Waals surface area contributed by atoms with Crippen LogP contribution in [0.25, 0.3) is 32.7 Å². The molecule has 0 atom stereocenters. The summed E-state index contributed by atoms with van der Waals surface area (Å²) in [6, 6.07) is 48.0. The number of fused-ring (bicyclic) bond motifs is 6. The summed E-state index contributed by atoms with van der Waals surface area (Å²) in [4.78, 5) is 0. The third kappa shape index (κ3) is 2.59. The molecule has 1 aliphatic rings. The topological polar surface area (TPSA) is 0 Å². The molecule has 0 N–H and O–H groups in total. The van der Waals surface area contributed by atoms with E-state index in [1.54, 1.807) is 0 Å². The van der Waals surface area contributed by atoms with Crippen LogP contribution in [0.2, 0.25) is 0 Å². The lowest BCUT2D eigenvalue weighted by Crippen LogP contribution is -2.72. The summed E-state index contributed by atoms with van der Waals surface area (Å²) in [5.74, 6) is 0. The van der Waals surface area contributed by atoms with Gasteiger partial charge in [0.2, 0.25) is 0 Å². The molecule has 0 saturated heterocycles. The van der Waals surface area contributed by atoms with Crippen molar-refractivity contribution in [1.82, 2.24) is 0 Å². The Morgan fingerprint density at radius 1 is 0.471 bits per heavy atom. The van der Waals surface area contributed by atoms with Gasteiger partial charge in [-0.25, -0.2) is 0 Å². The van der Waals surface area contributed by atoms with E-state index in [-0.39, 0.29) is 0 Å². The highest BCUT2D eigenvalue weighted by molar-refractivity contribution is 7.22. The van der Waals surface area contributed by atoms with Gasteiger partial charge < -0.3 is 0 Å². The van der Waals surface area contributed by atoms with Gasteiger partial charge in [-0.2, -0.15) is 0 Å². The zero-order valence-electron chi connectivity index (χ0n) is 19.1. The van der Waals surface area contributed by atoms with Gasteiger partial charge in [0.1, 0.15) is 0 Å². The first kappa shape index (κ1) is 19.5. The van der Waals surface area contributed by atoms with E-state index in [2.05, 4.69) is 134 Å². The molecule has 160 valence electrons. The number of aryl methyl sites for hydroxylation is 1. The van der Waals surface area contributed by atoms with Crippen molar-refractivity contribution in [2.45, 2.75) is 6.92 Å². The van der Waals surface area contributed by atoms with Crippen molar-refractivity contribution in [2.75, 3.05) is 0 Å². The molecule has 0 aromatic heterocycles. The number of rotatable bonds is 2. The van der Waals surface area contributed by atoms with Crippen LogP contribution in [0.5, 0.6) is 0 Å². The molecule has 0 radical (unpaired) electrons. The summed E-state index contributed by atoms with van der Waals surface area (Å²) in [5.41, 5.74) is 4.14. The van der Waals surface area contributed by atoms with Crippen LogP contribution in [0.3, 0.4) is 0 Å². The van der Waals surface area contributed by atoms with Gasteiger partial charge in [-0.3, -0.25) is 0 Å². The van der Waals surface area contributed by atoms with Crippen molar-refractivity contribution in [3.8, 4) is 11.1 Å². The lowest BCUT2D eigenvalue weighted by molar-refractivity contribution is 1.51. The van der Waals surface area contributed by atoms with Gasteiger partial charge in [-0.15, -0.1) is 0 Å². The quantitative estimate of drug-likeness (QED) is 0.299. The van der Waals surface area contributed by atoms with Crippen LogP contribution in [0, 0.1) is 6.92 Å². The monoisotopic (exact) mass is 448 g/mol. The van der Waals surface area contributed by atoms with E-state index in [0.717, 1.165) is 0 Å². The van der Waals surface area contributed by atoms with E-state index >= 15 is 0 Å². The SMILES string of the molecule is Cc1ccc2c3c(ccc2c1)[Si](c1ccccc1)(c1ccccc1)c1cc2ccccc2cc1-3. The Hall–Kier alpha value is -3.94. The minimum Gasteiger partial charge on any atom is -0.0623 e. The van der Waals surface area contributed by atoms with Crippen molar-refractivity contribution in [1.29, 1.82) is 0 Å². The van der Waals surface area contributed by atoms with E-state index in [1.165, 1.54) is 59.0 Å². The molecule has 6 aromatic rings. The maximum absolute atomic E-state index is 2.50. The zero-order chi connectivity index (χ0) is 22.7. The second-order valence-electron chi connectivity index (χ2n) is 9.44. The zero-order valence-corrected chi connectivity index (χ0v) is 20.1. The highest BCUT2D eigenvalue weighted by Crippen LogP contribution is 2.36. The van der Waals surface area contributed by atoms with Crippen LogP contribution >= 0.6 is 0 Å². The molecule has 0 amide bonds. The van der Waals surface area contributed by atoms with E-state index in [1.807, 2.05) is 0 Å². The first-order valence-electron chi connectivity index (χ1n) is 12.0. The predicted molar refractivity (Wildman–Crippen MR) is 149 cm³/mol. The molecule has 0 nitrogen and oxygen atoms in total. The average Bonchev–Trinajstić information content (AvgIpc) is 3.18. The molecule has 34 heavy (non-hydrogen) atoms.